The minimum absolute atomic E-state index is 0.827. The Hall–Kier alpha value is -11.7. The summed E-state index contributed by atoms with van der Waals surface area (Å²) in [6.45, 7) is 0. The molecule has 0 fully saturated rings. The van der Waals surface area contributed by atoms with E-state index in [1.54, 1.807) is 0 Å². The number of hydrogen-bond acceptors (Lipinski definition) is 4. The van der Waals surface area contributed by atoms with Gasteiger partial charge in [-0.25, -0.2) is 0 Å². The number of nitrogens with zero attached hydrogens (tertiary/aromatic N) is 2. The molecule has 422 valence electrons. The van der Waals surface area contributed by atoms with Gasteiger partial charge in [0.15, 0.2) is 11.2 Å². The lowest BCUT2D eigenvalue weighted by molar-refractivity contribution is 0.437. The first-order valence-electron chi connectivity index (χ1n) is 31.0. The highest BCUT2D eigenvalue weighted by molar-refractivity contribution is 6.12. The molecule has 2 aliphatic rings. The fourth-order valence-electron chi connectivity index (χ4n) is 15.6. The van der Waals surface area contributed by atoms with Crippen LogP contribution in [0, 0.1) is 0 Å². The Kier molecular flexibility index (Phi) is 11.7. The highest BCUT2D eigenvalue weighted by Gasteiger charge is 2.64. The zero-order valence-corrected chi connectivity index (χ0v) is 49.0. The Morgan fingerprint density at radius 2 is 0.544 bits per heavy atom. The van der Waals surface area contributed by atoms with Crippen molar-refractivity contribution in [2.75, 3.05) is 9.80 Å². The van der Waals surface area contributed by atoms with Crippen LogP contribution >= 0.6 is 0 Å². The molecule has 0 spiro atoms. The number of furan rings is 2. The van der Waals surface area contributed by atoms with Gasteiger partial charge < -0.3 is 18.6 Å². The van der Waals surface area contributed by atoms with E-state index in [1.165, 1.54) is 66.8 Å². The molecule has 4 nitrogen and oxygen atoms in total. The number of para-hydroxylation sites is 4. The zero-order valence-electron chi connectivity index (χ0n) is 49.0. The SMILES string of the molecule is c1ccc(-c2ccc(N(c3ccc4c(c3)C(c3ccccc3)(C3(c5ccccc5)c5ccccc5-c5ccc(N(c6ccc(-c7ccccc7)cc6)c6cccc7c6oc6ccccc67)cc53)c3ccccc3-4)c3cccc4c3oc3ccccc34)cc2)cc1. The first kappa shape index (κ1) is 51.5. The van der Waals surface area contributed by atoms with Crippen molar-refractivity contribution in [3.63, 3.8) is 0 Å². The van der Waals surface area contributed by atoms with Crippen molar-refractivity contribution in [2.24, 2.45) is 0 Å². The summed E-state index contributed by atoms with van der Waals surface area (Å²) in [4.78, 5) is 4.84. The lowest BCUT2D eigenvalue weighted by Crippen LogP contribution is -2.50. The second-order valence-corrected chi connectivity index (χ2v) is 23.8. The average molecular weight is 1150 g/mol. The van der Waals surface area contributed by atoms with Crippen LogP contribution < -0.4 is 9.80 Å². The maximum absolute atomic E-state index is 7.00. The predicted molar refractivity (Wildman–Crippen MR) is 371 cm³/mol. The van der Waals surface area contributed by atoms with Gasteiger partial charge in [-0.05, 0) is 151 Å². The maximum Gasteiger partial charge on any atom is 0.159 e. The van der Waals surface area contributed by atoms with Gasteiger partial charge in [-0.15, -0.1) is 0 Å². The Morgan fingerprint density at radius 1 is 0.222 bits per heavy atom. The van der Waals surface area contributed by atoms with Crippen LogP contribution in [0.1, 0.15) is 33.4 Å². The number of benzene rings is 14. The number of rotatable bonds is 11. The van der Waals surface area contributed by atoms with Gasteiger partial charge in [0.1, 0.15) is 11.2 Å². The molecule has 16 aromatic rings. The fraction of sp³-hybridized carbons (Fsp3) is 0.0233. The van der Waals surface area contributed by atoms with E-state index in [0.29, 0.717) is 0 Å². The quantitative estimate of drug-likeness (QED) is 0.129. The van der Waals surface area contributed by atoms with E-state index in [9.17, 15) is 0 Å². The predicted octanol–water partition coefficient (Wildman–Crippen LogP) is 23.1. The maximum atomic E-state index is 7.00. The van der Waals surface area contributed by atoms with E-state index in [4.69, 9.17) is 8.83 Å². The molecule has 0 radical (unpaired) electrons. The van der Waals surface area contributed by atoms with Gasteiger partial charge in [0, 0.05) is 44.3 Å². The van der Waals surface area contributed by atoms with Crippen molar-refractivity contribution in [3.8, 4) is 44.5 Å². The number of fused-ring (bicyclic) bond motifs is 12. The summed E-state index contributed by atoms with van der Waals surface area (Å²) in [5.41, 5.74) is 24.1. The molecule has 2 unspecified atom stereocenters. The van der Waals surface area contributed by atoms with Gasteiger partial charge in [-0.3, -0.25) is 0 Å². The largest absolute Gasteiger partial charge is 0.454 e. The van der Waals surface area contributed by atoms with Gasteiger partial charge >= 0.3 is 0 Å². The van der Waals surface area contributed by atoms with Crippen molar-refractivity contribution in [1.29, 1.82) is 0 Å². The molecule has 0 amide bonds. The molecule has 0 saturated heterocycles. The molecule has 90 heavy (non-hydrogen) atoms. The third-order valence-electron chi connectivity index (χ3n) is 19.3. The van der Waals surface area contributed by atoms with Gasteiger partial charge in [0.05, 0.1) is 22.2 Å². The van der Waals surface area contributed by atoms with Crippen molar-refractivity contribution < 1.29 is 8.83 Å². The minimum atomic E-state index is -0.924. The molecular formula is C86H56N2O2. The molecule has 2 heterocycles. The molecule has 4 heteroatoms. The Morgan fingerprint density at radius 3 is 0.967 bits per heavy atom. The Bertz CT molecular complexity index is 5080. The van der Waals surface area contributed by atoms with E-state index in [-0.39, 0.29) is 0 Å². The molecule has 2 aliphatic carbocycles. The van der Waals surface area contributed by atoms with Crippen LogP contribution in [0.15, 0.2) is 349 Å². The van der Waals surface area contributed by atoms with Crippen molar-refractivity contribution in [3.05, 3.63) is 373 Å². The third-order valence-corrected chi connectivity index (χ3v) is 19.3. The fourth-order valence-corrected chi connectivity index (χ4v) is 15.6. The molecule has 2 atom stereocenters. The van der Waals surface area contributed by atoms with Gasteiger partial charge in [0.25, 0.3) is 0 Å². The second-order valence-electron chi connectivity index (χ2n) is 23.8. The third kappa shape index (κ3) is 7.55. The summed E-state index contributed by atoms with van der Waals surface area (Å²) in [7, 11) is 0. The monoisotopic (exact) mass is 1150 g/mol. The normalized spacial score (nSPS) is 15.4. The van der Waals surface area contributed by atoms with Gasteiger partial charge in [-0.2, -0.15) is 0 Å². The summed E-state index contributed by atoms with van der Waals surface area (Å²) >= 11 is 0. The summed E-state index contributed by atoms with van der Waals surface area (Å²) in [6, 6.07) is 125. The summed E-state index contributed by atoms with van der Waals surface area (Å²) in [5.74, 6) is 0. The van der Waals surface area contributed by atoms with E-state index in [2.05, 4.69) is 350 Å². The highest BCUT2D eigenvalue weighted by atomic mass is 16.3. The molecule has 2 aromatic heterocycles. The van der Waals surface area contributed by atoms with Crippen molar-refractivity contribution >= 4 is 78.0 Å². The van der Waals surface area contributed by atoms with Crippen molar-refractivity contribution in [1.82, 2.24) is 0 Å². The second kappa shape index (κ2) is 20.5. The highest BCUT2D eigenvalue weighted by Crippen LogP contribution is 2.70. The van der Waals surface area contributed by atoms with Crippen LogP contribution in [0.5, 0.6) is 0 Å². The Balaban J connectivity index is 0.937. The summed E-state index contributed by atoms with van der Waals surface area (Å²) < 4.78 is 14.0. The summed E-state index contributed by atoms with van der Waals surface area (Å²) in [6.07, 6.45) is 0. The standard InChI is InChI=1S/C86H56N2O2/c1-5-23-57(24-6-1)59-43-47-63(48-44-59)87(79-39-21-35-73-71-33-15-19-41-81(71)89-83(73)79)65-51-53-69-67-31-13-17-37-75(67)85(77(69)55-65,61-27-9-3-10-28-61)86(62-29-11-4-12-30-62)76-38-18-14-32-68(76)70-54-52-66(56-78(70)86)88(64-49-45-60(46-50-64)58-25-7-2-8-26-58)80-40-22-36-74-72-34-16-20-42-82(72)90-84(74)80/h1-56H. The van der Waals surface area contributed by atoms with E-state index in [0.717, 1.165) is 89.1 Å². The molecular weight excluding hydrogens is 1090 g/mol. The lowest BCUT2D eigenvalue weighted by atomic mass is 9.49. The smallest absolute Gasteiger partial charge is 0.159 e. The zero-order chi connectivity index (χ0) is 59.3. The van der Waals surface area contributed by atoms with Crippen LogP contribution in [-0.4, -0.2) is 0 Å². The van der Waals surface area contributed by atoms with E-state index >= 15 is 0 Å². The van der Waals surface area contributed by atoms with Crippen LogP contribution in [0.25, 0.3) is 88.4 Å². The molecule has 0 N–H and O–H groups in total. The first-order chi connectivity index (χ1) is 44.6. The van der Waals surface area contributed by atoms with E-state index in [1.807, 2.05) is 0 Å². The first-order valence-corrected chi connectivity index (χ1v) is 31.0. The summed E-state index contributed by atoms with van der Waals surface area (Å²) in [5, 5.41) is 4.30. The Labute approximate surface area is 522 Å². The average Bonchev–Trinajstić information content (AvgIpc) is 1.46. The van der Waals surface area contributed by atoms with Crippen molar-refractivity contribution in [2.45, 2.75) is 10.8 Å². The van der Waals surface area contributed by atoms with Gasteiger partial charge in [0.2, 0.25) is 0 Å². The number of anilines is 6. The van der Waals surface area contributed by atoms with Gasteiger partial charge in [-0.1, -0.05) is 267 Å². The van der Waals surface area contributed by atoms with Crippen LogP contribution in [0.2, 0.25) is 0 Å². The molecule has 0 aliphatic heterocycles. The molecule has 0 bridgehead atoms. The van der Waals surface area contributed by atoms with E-state index < -0.39 is 10.8 Å². The number of hydrogen-bond donors (Lipinski definition) is 0. The lowest BCUT2D eigenvalue weighted by Gasteiger charge is -2.51. The van der Waals surface area contributed by atoms with Crippen LogP contribution in [-0.2, 0) is 10.8 Å². The molecule has 14 aromatic carbocycles. The van der Waals surface area contributed by atoms with Crippen LogP contribution in [0.4, 0.5) is 34.1 Å². The molecule has 18 rings (SSSR count). The topological polar surface area (TPSA) is 32.8 Å². The van der Waals surface area contributed by atoms with Crippen LogP contribution in [0.3, 0.4) is 0 Å². The minimum Gasteiger partial charge on any atom is -0.454 e. The molecule has 0 saturated carbocycles.